The lowest BCUT2D eigenvalue weighted by molar-refractivity contribution is -0.125. The summed E-state index contributed by atoms with van der Waals surface area (Å²) in [7, 11) is 0. The van der Waals surface area contributed by atoms with Crippen LogP contribution in [0.4, 0.5) is 16.2 Å². The SMILES string of the molecule is O=C(NCCC1C(Nc2nccc(N3CCCCCC3)n2)CCCN1C1CCN(C(=O)c2cccc(F)c2)CC1)C1CCNCC1. The first-order chi connectivity index (χ1) is 22.5. The number of carbonyl (C=O) groups is 2. The number of benzene rings is 1. The summed E-state index contributed by atoms with van der Waals surface area (Å²) in [6.07, 6.45) is 13.2. The van der Waals surface area contributed by atoms with Gasteiger partial charge in [0.1, 0.15) is 11.6 Å². The lowest BCUT2D eigenvalue weighted by Gasteiger charge is -2.48. The highest BCUT2D eigenvalue weighted by molar-refractivity contribution is 5.94. The van der Waals surface area contributed by atoms with Crippen LogP contribution in [0.15, 0.2) is 36.5 Å². The predicted molar refractivity (Wildman–Crippen MR) is 178 cm³/mol. The quantitative estimate of drug-likeness (QED) is 0.380. The van der Waals surface area contributed by atoms with Crippen LogP contribution in [0.1, 0.15) is 81.0 Å². The van der Waals surface area contributed by atoms with E-state index in [1.807, 2.05) is 17.2 Å². The van der Waals surface area contributed by atoms with Gasteiger partial charge in [-0.15, -0.1) is 0 Å². The molecule has 0 radical (unpaired) electrons. The molecule has 250 valence electrons. The number of hydrogen-bond acceptors (Lipinski definition) is 8. The molecule has 3 N–H and O–H groups in total. The second-order valence-corrected chi connectivity index (χ2v) is 13.5. The van der Waals surface area contributed by atoms with Crippen LogP contribution >= 0.6 is 0 Å². The molecular formula is C35H51FN8O2. The predicted octanol–water partition coefficient (Wildman–Crippen LogP) is 4.05. The van der Waals surface area contributed by atoms with E-state index in [2.05, 4.69) is 30.7 Å². The van der Waals surface area contributed by atoms with Crippen molar-refractivity contribution in [3.05, 3.63) is 47.9 Å². The van der Waals surface area contributed by atoms with Crippen LogP contribution in [0, 0.1) is 11.7 Å². The van der Waals surface area contributed by atoms with Crippen molar-refractivity contribution in [2.75, 3.05) is 62.6 Å². The van der Waals surface area contributed by atoms with Crippen LogP contribution in [0.3, 0.4) is 0 Å². The van der Waals surface area contributed by atoms with Crippen molar-refractivity contribution < 1.29 is 14.0 Å². The van der Waals surface area contributed by atoms with Crippen LogP contribution in [0.2, 0.25) is 0 Å². The fourth-order valence-electron chi connectivity index (χ4n) is 7.91. The van der Waals surface area contributed by atoms with E-state index < -0.39 is 0 Å². The standard InChI is InChI=1S/C35H51FN8O2/c36-28-8-5-7-27(25-28)34(46)43-23-14-29(15-24-43)44-22-6-9-30(31(44)12-18-38-33(45)26-10-16-37-17-11-26)40-35-39-19-13-32(41-35)42-20-3-1-2-4-21-42/h5,7-8,13,19,25-26,29-31,37H,1-4,6,9-12,14-18,20-24H2,(H,38,45)(H,39,40,41). The molecular weight excluding hydrogens is 583 g/mol. The van der Waals surface area contributed by atoms with Gasteiger partial charge in [-0.05, 0) is 102 Å². The molecule has 4 aliphatic heterocycles. The first kappa shape index (κ1) is 32.6. The Kier molecular flexibility index (Phi) is 11.3. The summed E-state index contributed by atoms with van der Waals surface area (Å²) in [6.45, 7) is 6.79. The highest BCUT2D eigenvalue weighted by Gasteiger charge is 2.38. The lowest BCUT2D eigenvalue weighted by atomic mass is 9.89. The Morgan fingerprint density at radius 3 is 2.46 bits per heavy atom. The van der Waals surface area contributed by atoms with Crippen LogP contribution in [0.25, 0.3) is 0 Å². The fraction of sp³-hybridized carbons (Fsp3) is 0.657. The summed E-state index contributed by atoms with van der Waals surface area (Å²) in [5.74, 6) is 1.44. The maximum atomic E-state index is 13.8. The van der Waals surface area contributed by atoms with Gasteiger partial charge in [0.25, 0.3) is 5.91 Å². The first-order valence-electron chi connectivity index (χ1n) is 17.7. The normalized spacial score (nSPS) is 23.9. The van der Waals surface area contributed by atoms with Crippen molar-refractivity contribution in [2.24, 2.45) is 5.92 Å². The second-order valence-electron chi connectivity index (χ2n) is 13.5. The molecule has 0 spiro atoms. The minimum absolute atomic E-state index is 0.0905. The van der Waals surface area contributed by atoms with Crippen molar-refractivity contribution in [3.8, 4) is 0 Å². The smallest absolute Gasteiger partial charge is 0.253 e. The maximum Gasteiger partial charge on any atom is 0.253 e. The zero-order chi connectivity index (χ0) is 31.7. The molecule has 0 aliphatic carbocycles. The second kappa shape index (κ2) is 16.0. The molecule has 10 nitrogen and oxygen atoms in total. The van der Waals surface area contributed by atoms with Crippen LogP contribution in [-0.4, -0.2) is 102 Å². The van der Waals surface area contributed by atoms with E-state index in [1.165, 1.54) is 37.8 Å². The molecule has 0 bridgehead atoms. The number of halogens is 1. The molecule has 46 heavy (non-hydrogen) atoms. The van der Waals surface area contributed by atoms with Gasteiger partial charge in [-0.2, -0.15) is 4.98 Å². The Bertz CT molecular complexity index is 1290. The number of nitrogens with zero attached hydrogens (tertiary/aromatic N) is 5. The number of nitrogens with one attached hydrogen (secondary N) is 3. The number of carbonyl (C=O) groups excluding carboxylic acids is 2. The summed E-state index contributed by atoms with van der Waals surface area (Å²) >= 11 is 0. The highest BCUT2D eigenvalue weighted by atomic mass is 19.1. The Morgan fingerprint density at radius 2 is 1.70 bits per heavy atom. The Morgan fingerprint density at radius 1 is 0.913 bits per heavy atom. The van der Waals surface area contributed by atoms with Crippen LogP contribution in [-0.2, 0) is 4.79 Å². The third kappa shape index (κ3) is 8.34. The molecule has 2 unspecified atom stereocenters. The minimum Gasteiger partial charge on any atom is -0.356 e. The minimum atomic E-state index is -0.386. The molecule has 6 rings (SSSR count). The molecule has 2 atom stereocenters. The molecule has 0 saturated carbocycles. The van der Waals surface area contributed by atoms with E-state index in [9.17, 15) is 14.0 Å². The summed E-state index contributed by atoms with van der Waals surface area (Å²) in [4.78, 5) is 42.6. The van der Waals surface area contributed by atoms with Crippen LogP contribution < -0.4 is 20.9 Å². The zero-order valence-corrected chi connectivity index (χ0v) is 27.1. The van der Waals surface area contributed by atoms with Gasteiger partial charge in [0.2, 0.25) is 11.9 Å². The number of rotatable bonds is 9. The van der Waals surface area contributed by atoms with Crippen LogP contribution in [0.5, 0.6) is 0 Å². The average Bonchev–Trinajstić information content (AvgIpc) is 3.39. The summed E-state index contributed by atoms with van der Waals surface area (Å²) < 4.78 is 13.8. The van der Waals surface area contributed by atoms with Crippen molar-refractivity contribution in [1.29, 1.82) is 0 Å². The number of aromatic nitrogens is 2. The van der Waals surface area contributed by atoms with Gasteiger partial charge in [0, 0.05) is 68.5 Å². The molecule has 4 aliphatic rings. The first-order valence-corrected chi connectivity index (χ1v) is 17.7. The Labute approximate surface area is 272 Å². The number of hydrogen-bond donors (Lipinski definition) is 3. The van der Waals surface area contributed by atoms with Crippen molar-refractivity contribution in [2.45, 2.75) is 88.8 Å². The number of anilines is 2. The molecule has 2 aromatic rings. The van der Waals surface area contributed by atoms with E-state index in [1.54, 1.807) is 12.1 Å². The molecule has 11 heteroatoms. The molecule has 4 saturated heterocycles. The van der Waals surface area contributed by atoms with Gasteiger partial charge in [-0.25, -0.2) is 9.37 Å². The van der Waals surface area contributed by atoms with Gasteiger partial charge < -0.3 is 25.8 Å². The van der Waals surface area contributed by atoms with Gasteiger partial charge in [0.15, 0.2) is 0 Å². The average molecular weight is 635 g/mol. The van der Waals surface area contributed by atoms with E-state index in [-0.39, 0.29) is 35.6 Å². The van der Waals surface area contributed by atoms with Crippen molar-refractivity contribution in [1.82, 2.24) is 30.4 Å². The fourth-order valence-corrected chi connectivity index (χ4v) is 7.91. The van der Waals surface area contributed by atoms with Crippen molar-refractivity contribution in [3.63, 3.8) is 0 Å². The monoisotopic (exact) mass is 634 g/mol. The highest BCUT2D eigenvalue weighted by Crippen LogP contribution is 2.30. The summed E-state index contributed by atoms with van der Waals surface area (Å²) in [6, 6.07) is 8.68. The lowest BCUT2D eigenvalue weighted by Crippen LogP contribution is -2.58. The van der Waals surface area contributed by atoms with Gasteiger partial charge >= 0.3 is 0 Å². The maximum absolute atomic E-state index is 13.8. The molecule has 2 amide bonds. The molecule has 1 aromatic heterocycles. The topological polar surface area (TPSA) is 106 Å². The van der Waals surface area contributed by atoms with Crippen molar-refractivity contribution >= 4 is 23.6 Å². The Balaban J connectivity index is 1.13. The third-order valence-corrected chi connectivity index (χ3v) is 10.4. The van der Waals surface area contributed by atoms with E-state index in [0.29, 0.717) is 37.2 Å². The molecule has 1 aromatic carbocycles. The largest absolute Gasteiger partial charge is 0.356 e. The number of piperidine rings is 3. The van der Waals surface area contributed by atoms with Gasteiger partial charge in [-0.3, -0.25) is 14.5 Å². The summed E-state index contributed by atoms with van der Waals surface area (Å²) in [5.41, 5.74) is 0.408. The molecule has 4 fully saturated rings. The van der Waals surface area contributed by atoms with Gasteiger partial charge in [0.05, 0.1) is 0 Å². The number of likely N-dealkylation sites (tertiary alicyclic amines) is 2. The Hall–Kier alpha value is -3.31. The van der Waals surface area contributed by atoms with Gasteiger partial charge in [-0.1, -0.05) is 18.9 Å². The number of amides is 2. The van der Waals surface area contributed by atoms with E-state index in [0.717, 1.165) is 83.5 Å². The summed E-state index contributed by atoms with van der Waals surface area (Å²) in [5, 5.41) is 10.4. The third-order valence-electron chi connectivity index (χ3n) is 10.4. The zero-order valence-electron chi connectivity index (χ0n) is 27.1. The van der Waals surface area contributed by atoms with E-state index >= 15 is 0 Å². The van der Waals surface area contributed by atoms with E-state index in [4.69, 9.17) is 4.98 Å². The molecule has 5 heterocycles.